The highest BCUT2D eigenvalue weighted by atomic mass is 15.2. The summed E-state index contributed by atoms with van der Waals surface area (Å²) >= 11 is 0. The molecule has 88 valence electrons. The second-order valence-corrected chi connectivity index (χ2v) is 5.66. The molecule has 0 amide bonds. The van der Waals surface area contributed by atoms with Crippen molar-refractivity contribution in [3.8, 4) is 0 Å². The predicted octanol–water partition coefficient (Wildman–Crippen LogP) is 2.10. The number of hydrogen-bond acceptors (Lipinski definition) is 2. The summed E-state index contributed by atoms with van der Waals surface area (Å²) in [5.41, 5.74) is 0. The summed E-state index contributed by atoms with van der Waals surface area (Å²) in [6.45, 7) is 3.71. The summed E-state index contributed by atoms with van der Waals surface area (Å²) in [5.74, 6) is 1.98. The highest BCUT2D eigenvalue weighted by molar-refractivity contribution is 4.90. The van der Waals surface area contributed by atoms with Gasteiger partial charge in [0.25, 0.3) is 0 Å². The second-order valence-electron chi connectivity index (χ2n) is 5.66. The van der Waals surface area contributed by atoms with E-state index >= 15 is 0 Å². The summed E-state index contributed by atoms with van der Waals surface area (Å²) in [5, 5.41) is 3.50. The van der Waals surface area contributed by atoms with E-state index in [0.717, 1.165) is 23.9 Å². The zero-order valence-electron chi connectivity index (χ0n) is 10.5. The lowest BCUT2D eigenvalue weighted by molar-refractivity contribution is 0.147. The van der Waals surface area contributed by atoms with E-state index < -0.39 is 0 Å². The Balaban J connectivity index is 1.83. The molecule has 0 aromatic carbocycles. The standard InChI is InChI=1S/C13H26N2/c1-10-8-11(10)9-15(3)13-7-5-4-6-12(13)14-2/h10-14H,4-9H2,1-3H3. The minimum atomic E-state index is 0.734. The normalized spacial score (nSPS) is 40.8. The van der Waals surface area contributed by atoms with Crippen molar-refractivity contribution >= 4 is 0 Å². The van der Waals surface area contributed by atoms with Crippen molar-refractivity contribution in [3.05, 3.63) is 0 Å². The highest BCUT2D eigenvalue weighted by Crippen LogP contribution is 2.38. The molecule has 2 aliphatic rings. The lowest BCUT2D eigenvalue weighted by Crippen LogP contribution is -2.49. The molecule has 2 fully saturated rings. The van der Waals surface area contributed by atoms with E-state index in [4.69, 9.17) is 0 Å². The fraction of sp³-hybridized carbons (Fsp3) is 1.00. The summed E-state index contributed by atoms with van der Waals surface area (Å²) < 4.78 is 0. The Bertz CT molecular complexity index is 205. The lowest BCUT2D eigenvalue weighted by atomic mass is 9.89. The van der Waals surface area contributed by atoms with Gasteiger partial charge in [0.2, 0.25) is 0 Å². The molecule has 2 rings (SSSR count). The first-order chi connectivity index (χ1) is 7.22. The van der Waals surface area contributed by atoms with Crippen LogP contribution in [0.3, 0.4) is 0 Å². The van der Waals surface area contributed by atoms with E-state index in [1.165, 1.54) is 38.6 Å². The van der Waals surface area contributed by atoms with E-state index in [0.29, 0.717) is 0 Å². The molecule has 2 nitrogen and oxygen atoms in total. The van der Waals surface area contributed by atoms with Crippen LogP contribution in [-0.4, -0.2) is 37.6 Å². The largest absolute Gasteiger partial charge is 0.315 e. The topological polar surface area (TPSA) is 15.3 Å². The molecule has 0 aromatic rings. The van der Waals surface area contributed by atoms with Gasteiger partial charge in [-0.2, -0.15) is 0 Å². The van der Waals surface area contributed by atoms with Crippen LogP contribution in [0.25, 0.3) is 0 Å². The molecule has 0 aromatic heterocycles. The Labute approximate surface area is 94.4 Å². The predicted molar refractivity (Wildman–Crippen MR) is 65.0 cm³/mol. The van der Waals surface area contributed by atoms with Gasteiger partial charge >= 0.3 is 0 Å². The van der Waals surface area contributed by atoms with E-state index in [1.807, 2.05) is 0 Å². The molecule has 2 aliphatic carbocycles. The van der Waals surface area contributed by atoms with Crippen LogP contribution in [-0.2, 0) is 0 Å². The maximum Gasteiger partial charge on any atom is 0.0246 e. The van der Waals surface area contributed by atoms with Crippen LogP contribution in [0.2, 0.25) is 0 Å². The zero-order chi connectivity index (χ0) is 10.8. The number of nitrogens with one attached hydrogen (secondary N) is 1. The molecule has 0 radical (unpaired) electrons. The van der Waals surface area contributed by atoms with Gasteiger partial charge in [0.1, 0.15) is 0 Å². The molecule has 4 atom stereocenters. The van der Waals surface area contributed by atoms with Crippen LogP contribution in [0.5, 0.6) is 0 Å². The van der Waals surface area contributed by atoms with Crippen molar-refractivity contribution in [1.82, 2.24) is 10.2 Å². The van der Waals surface area contributed by atoms with E-state index in [2.05, 4.69) is 31.2 Å². The van der Waals surface area contributed by atoms with Gasteiger partial charge in [-0.1, -0.05) is 19.8 Å². The molecular weight excluding hydrogens is 184 g/mol. The summed E-state index contributed by atoms with van der Waals surface area (Å²) in [7, 11) is 4.45. The smallest absolute Gasteiger partial charge is 0.0246 e. The van der Waals surface area contributed by atoms with E-state index in [1.54, 1.807) is 0 Å². The van der Waals surface area contributed by atoms with Gasteiger partial charge in [0.15, 0.2) is 0 Å². The zero-order valence-corrected chi connectivity index (χ0v) is 10.5. The minimum Gasteiger partial charge on any atom is -0.315 e. The molecule has 0 heterocycles. The highest BCUT2D eigenvalue weighted by Gasteiger charge is 2.36. The molecule has 0 saturated heterocycles. The van der Waals surface area contributed by atoms with E-state index in [9.17, 15) is 0 Å². The van der Waals surface area contributed by atoms with Crippen molar-refractivity contribution in [3.63, 3.8) is 0 Å². The molecule has 2 saturated carbocycles. The fourth-order valence-corrected chi connectivity index (χ4v) is 3.13. The molecule has 1 N–H and O–H groups in total. The third kappa shape index (κ3) is 2.73. The van der Waals surface area contributed by atoms with Crippen LogP contribution in [0.15, 0.2) is 0 Å². The van der Waals surface area contributed by atoms with Crippen molar-refractivity contribution in [2.24, 2.45) is 11.8 Å². The van der Waals surface area contributed by atoms with Gasteiger partial charge < -0.3 is 10.2 Å². The second kappa shape index (κ2) is 4.84. The maximum absolute atomic E-state index is 3.50. The van der Waals surface area contributed by atoms with Gasteiger partial charge in [0.05, 0.1) is 0 Å². The number of rotatable bonds is 4. The Morgan fingerprint density at radius 2 is 1.93 bits per heavy atom. The van der Waals surface area contributed by atoms with Gasteiger partial charge in [0, 0.05) is 18.6 Å². The molecular formula is C13H26N2. The van der Waals surface area contributed by atoms with Crippen LogP contribution < -0.4 is 5.32 Å². The van der Waals surface area contributed by atoms with Crippen molar-refractivity contribution in [1.29, 1.82) is 0 Å². The van der Waals surface area contributed by atoms with Crippen LogP contribution >= 0.6 is 0 Å². The Morgan fingerprint density at radius 1 is 1.27 bits per heavy atom. The summed E-state index contributed by atoms with van der Waals surface area (Å²) in [6.07, 6.45) is 7.05. The lowest BCUT2D eigenvalue weighted by Gasteiger charge is -2.38. The fourth-order valence-electron chi connectivity index (χ4n) is 3.13. The van der Waals surface area contributed by atoms with E-state index in [-0.39, 0.29) is 0 Å². The van der Waals surface area contributed by atoms with Crippen LogP contribution in [0, 0.1) is 11.8 Å². The Morgan fingerprint density at radius 3 is 2.53 bits per heavy atom. The van der Waals surface area contributed by atoms with Gasteiger partial charge in [-0.25, -0.2) is 0 Å². The molecule has 0 aliphatic heterocycles. The van der Waals surface area contributed by atoms with Gasteiger partial charge in [-0.05, 0) is 45.2 Å². The maximum atomic E-state index is 3.50. The molecule has 2 heteroatoms. The first-order valence-electron chi connectivity index (χ1n) is 6.60. The summed E-state index contributed by atoms with van der Waals surface area (Å²) in [6, 6.07) is 1.52. The third-order valence-electron chi connectivity index (χ3n) is 4.47. The summed E-state index contributed by atoms with van der Waals surface area (Å²) in [4.78, 5) is 2.62. The van der Waals surface area contributed by atoms with Gasteiger partial charge in [-0.15, -0.1) is 0 Å². The van der Waals surface area contributed by atoms with Gasteiger partial charge in [-0.3, -0.25) is 0 Å². The average Bonchev–Trinajstić information content (AvgIpc) is 2.94. The first-order valence-corrected chi connectivity index (χ1v) is 6.60. The Kier molecular flexibility index (Phi) is 3.68. The molecule has 4 unspecified atom stereocenters. The monoisotopic (exact) mass is 210 g/mol. The van der Waals surface area contributed by atoms with Crippen molar-refractivity contribution in [2.45, 2.75) is 51.1 Å². The number of nitrogens with zero attached hydrogens (tertiary/aromatic N) is 1. The number of likely N-dealkylation sites (N-methyl/N-ethyl adjacent to an activating group) is 2. The average molecular weight is 210 g/mol. The van der Waals surface area contributed by atoms with Crippen molar-refractivity contribution in [2.75, 3.05) is 20.6 Å². The third-order valence-corrected chi connectivity index (χ3v) is 4.47. The SMILES string of the molecule is CNC1CCCCC1N(C)CC1CC1C. The minimum absolute atomic E-state index is 0.734. The molecule has 15 heavy (non-hydrogen) atoms. The van der Waals surface area contributed by atoms with Crippen LogP contribution in [0.4, 0.5) is 0 Å². The quantitative estimate of drug-likeness (QED) is 0.764. The molecule has 0 bridgehead atoms. The number of hydrogen-bond donors (Lipinski definition) is 1. The van der Waals surface area contributed by atoms with Crippen LogP contribution in [0.1, 0.15) is 39.0 Å². The molecule has 0 spiro atoms. The first kappa shape index (κ1) is 11.4. The Hall–Kier alpha value is -0.0800. The van der Waals surface area contributed by atoms with Crippen molar-refractivity contribution < 1.29 is 0 Å².